The molecule has 2 heterocycles. The fraction of sp³-hybridized carbons (Fsp3) is 0.286. The highest BCUT2D eigenvalue weighted by Gasteiger charge is 2.35. The number of carboxylic acid groups (broad SMARTS) is 1. The van der Waals surface area contributed by atoms with E-state index in [1.54, 1.807) is 18.2 Å². The van der Waals surface area contributed by atoms with E-state index < -0.39 is 12.0 Å². The van der Waals surface area contributed by atoms with Gasteiger partial charge in [-0.05, 0) is 23.3 Å². The highest BCUT2D eigenvalue weighted by atomic mass is 16.5. The zero-order chi connectivity index (χ0) is 19.7. The molecule has 1 N–H and O–H groups in total. The number of anilines is 1. The number of carboxylic acids is 1. The van der Waals surface area contributed by atoms with Gasteiger partial charge in [0.15, 0.2) is 6.61 Å². The molecule has 4 rings (SSSR count). The second-order valence-corrected chi connectivity index (χ2v) is 6.90. The van der Waals surface area contributed by atoms with Crippen molar-refractivity contribution in [2.75, 3.05) is 18.1 Å². The van der Waals surface area contributed by atoms with Gasteiger partial charge in [-0.2, -0.15) is 0 Å². The number of para-hydroxylation sites is 2. The van der Waals surface area contributed by atoms with E-state index in [0.29, 0.717) is 11.4 Å². The predicted octanol–water partition coefficient (Wildman–Crippen LogP) is 1.84. The molecular weight excluding hydrogens is 360 g/mol. The van der Waals surface area contributed by atoms with Crippen molar-refractivity contribution in [3.05, 3.63) is 59.7 Å². The monoisotopic (exact) mass is 380 g/mol. The number of hydrogen-bond acceptors (Lipinski definition) is 4. The lowest BCUT2D eigenvalue weighted by Crippen LogP contribution is -2.49. The number of ether oxygens (including phenoxy) is 1. The van der Waals surface area contributed by atoms with Gasteiger partial charge in [-0.3, -0.25) is 9.59 Å². The van der Waals surface area contributed by atoms with E-state index in [-0.39, 0.29) is 44.4 Å². The molecule has 0 bridgehead atoms. The zero-order valence-corrected chi connectivity index (χ0v) is 15.2. The summed E-state index contributed by atoms with van der Waals surface area (Å²) in [6.07, 6.45) is 0.336. The third-order valence-electron chi connectivity index (χ3n) is 5.21. The Morgan fingerprint density at radius 2 is 1.79 bits per heavy atom. The Labute approximate surface area is 162 Å². The first-order valence-corrected chi connectivity index (χ1v) is 9.16. The Bertz CT molecular complexity index is 942. The van der Waals surface area contributed by atoms with E-state index in [1.807, 2.05) is 30.3 Å². The van der Waals surface area contributed by atoms with Crippen molar-refractivity contribution in [2.24, 2.45) is 0 Å². The molecule has 7 nitrogen and oxygen atoms in total. The van der Waals surface area contributed by atoms with Crippen LogP contribution in [0.25, 0.3) is 0 Å². The smallest absolute Gasteiger partial charge is 0.326 e. The van der Waals surface area contributed by atoms with E-state index >= 15 is 0 Å². The van der Waals surface area contributed by atoms with Gasteiger partial charge in [-0.15, -0.1) is 0 Å². The van der Waals surface area contributed by atoms with Crippen molar-refractivity contribution in [1.82, 2.24) is 4.90 Å². The summed E-state index contributed by atoms with van der Waals surface area (Å²) in [5.74, 6) is -0.913. The quantitative estimate of drug-likeness (QED) is 0.875. The molecule has 0 unspecified atom stereocenters. The Kier molecular flexibility index (Phi) is 4.73. The molecule has 2 aromatic carbocycles. The fourth-order valence-electron chi connectivity index (χ4n) is 3.76. The van der Waals surface area contributed by atoms with E-state index in [4.69, 9.17) is 4.74 Å². The average molecular weight is 380 g/mol. The third kappa shape index (κ3) is 3.31. The number of carbonyl (C=O) groups excluding carboxylic acids is 2. The molecule has 0 fully saturated rings. The summed E-state index contributed by atoms with van der Waals surface area (Å²) in [4.78, 5) is 39.8. The summed E-state index contributed by atoms with van der Waals surface area (Å²) in [5.41, 5.74) is 2.54. The summed E-state index contributed by atoms with van der Waals surface area (Å²) in [6.45, 7) is 0.377. The first kappa shape index (κ1) is 18.0. The number of fused-ring (bicyclic) bond motifs is 2. The van der Waals surface area contributed by atoms with Gasteiger partial charge < -0.3 is 19.6 Å². The number of amides is 2. The molecule has 144 valence electrons. The largest absolute Gasteiger partial charge is 0.482 e. The van der Waals surface area contributed by atoms with E-state index in [9.17, 15) is 19.5 Å². The van der Waals surface area contributed by atoms with Crippen LogP contribution >= 0.6 is 0 Å². The molecule has 2 aliphatic rings. The van der Waals surface area contributed by atoms with Crippen LogP contribution in [-0.4, -0.2) is 47.0 Å². The molecule has 2 amide bonds. The Morgan fingerprint density at radius 1 is 1.07 bits per heavy atom. The van der Waals surface area contributed by atoms with Gasteiger partial charge in [0.05, 0.1) is 5.69 Å². The van der Waals surface area contributed by atoms with Crippen LogP contribution < -0.4 is 9.64 Å². The molecule has 1 atom stereocenters. The van der Waals surface area contributed by atoms with Crippen molar-refractivity contribution in [2.45, 2.75) is 25.4 Å². The summed E-state index contributed by atoms with van der Waals surface area (Å²) in [6, 6.07) is 13.8. The number of nitrogens with zero attached hydrogens (tertiary/aromatic N) is 2. The van der Waals surface area contributed by atoms with Gasteiger partial charge >= 0.3 is 5.97 Å². The van der Waals surface area contributed by atoms with Crippen molar-refractivity contribution >= 4 is 23.5 Å². The Balaban J connectivity index is 1.50. The van der Waals surface area contributed by atoms with Crippen molar-refractivity contribution in [3.63, 3.8) is 0 Å². The number of carbonyl (C=O) groups is 3. The number of benzene rings is 2. The lowest BCUT2D eigenvalue weighted by atomic mass is 9.93. The van der Waals surface area contributed by atoms with Crippen LogP contribution in [0.2, 0.25) is 0 Å². The van der Waals surface area contributed by atoms with Crippen molar-refractivity contribution < 1.29 is 24.2 Å². The molecular formula is C21H20N2O5. The maximum Gasteiger partial charge on any atom is 0.326 e. The molecule has 28 heavy (non-hydrogen) atoms. The second kappa shape index (κ2) is 7.34. The van der Waals surface area contributed by atoms with Gasteiger partial charge in [0.2, 0.25) is 5.91 Å². The third-order valence-corrected chi connectivity index (χ3v) is 5.21. The summed E-state index contributed by atoms with van der Waals surface area (Å²) in [5, 5.41) is 9.60. The minimum absolute atomic E-state index is 0.0476. The molecule has 0 saturated heterocycles. The fourth-order valence-corrected chi connectivity index (χ4v) is 3.76. The van der Waals surface area contributed by atoms with Gasteiger partial charge in [-0.1, -0.05) is 36.4 Å². The first-order valence-electron chi connectivity index (χ1n) is 9.16. The Hall–Kier alpha value is -3.35. The molecule has 0 saturated carbocycles. The maximum absolute atomic E-state index is 12.9. The van der Waals surface area contributed by atoms with Crippen LogP contribution in [-0.2, 0) is 27.3 Å². The van der Waals surface area contributed by atoms with Gasteiger partial charge in [0.25, 0.3) is 5.91 Å². The highest BCUT2D eigenvalue weighted by Crippen LogP contribution is 2.32. The molecule has 2 aromatic rings. The van der Waals surface area contributed by atoms with Crippen LogP contribution in [0.15, 0.2) is 48.5 Å². The van der Waals surface area contributed by atoms with Crippen LogP contribution in [0.3, 0.4) is 0 Å². The summed E-state index contributed by atoms with van der Waals surface area (Å²) < 4.78 is 5.41. The molecule has 7 heteroatoms. The van der Waals surface area contributed by atoms with E-state index in [2.05, 4.69) is 0 Å². The molecule has 0 aliphatic carbocycles. The van der Waals surface area contributed by atoms with Gasteiger partial charge in [0.1, 0.15) is 11.8 Å². The lowest BCUT2D eigenvalue weighted by Gasteiger charge is -2.35. The van der Waals surface area contributed by atoms with E-state index in [0.717, 1.165) is 11.1 Å². The number of rotatable bonds is 4. The Morgan fingerprint density at radius 3 is 2.57 bits per heavy atom. The molecule has 0 spiro atoms. The highest BCUT2D eigenvalue weighted by molar-refractivity contribution is 5.98. The number of hydrogen-bond donors (Lipinski definition) is 1. The van der Waals surface area contributed by atoms with Crippen LogP contribution in [0.1, 0.15) is 17.5 Å². The minimum atomic E-state index is -1.02. The second-order valence-electron chi connectivity index (χ2n) is 6.90. The number of aliphatic carboxylic acids is 1. The predicted molar refractivity (Wildman–Crippen MR) is 101 cm³/mol. The normalized spacial score (nSPS) is 18.1. The maximum atomic E-state index is 12.9. The van der Waals surface area contributed by atoms with Gasteiger partial charge in [0, 0.05) is 25.9 Å². The lowest BCUT2D eigenvalue weighted by molar-refractivity contribution is -0.151. The standard InChI is InChI=1S/C21H20N2O5/c24-19(9-10-22-16-7-3-4-8-18(16)28-13-20(22)25)23-12-15-6-2-1-5-14(15)11-17(23)21(26)27/h1-8,17H,9-13H2,(H,26,27)/t17-/m0/s1. The van der Waals surface area contributed by atoms with Gasteiger partial charge in [-0.25, -0.2) is 4.79 Å². The van der Waals surface area contributed by atoms with Crippen molar-refractivity contribution in [3.8, 4) is 5.75 Å². The summed E-state index contributed by atoms with van der Waals surface area (Å²) in [7, 11) is 0. The molecule has 0 radical (unpaired) electrons. The molecule has 0 aromatic heterocycles. The summed E-state index contributed by atoms with van der Waals surface area (Å²) >= 11 is 0. The zero-order valence-electron chi connectivity index (χ0n) is 15.2. The van der Waals surface area contributed by atoms with E-state index in [1.165, 1.54) is 9.80 Å². The minimum Gasteiger partial charge on any atom is -0.482 e. The van der Waals surface area contributed by atoms with Crippen LogP contribution in [0, 0.1) is 0 Å². The molecule has 2 aliphatic heterocycles. The van der Waals surface area contributed by atoms with Crippen LogP contribution in [0.5, 0.6) is 5.75 Å². The first-order chi connectivity index (χ1) is 13.5. The van der Waals surface area contributed by atoms with Crippen molar-refractivity contribution in [1.29, 1.82) is 0 Å². The van der Waals surface area contributed by atoms with Crippen LogP contribution in [0.4, 0.5) is 5.69 Å². The SMILES string of the molecule is O=C(O)[C@@H]1Cc2ccccc2CN1C(=O)CCN1C(=O)COc2ccccc21. The topological polar surface area (TPSA) is 87.2 Å². The average Bonchev–Trinajstić information content (AvgIpc) is 2.71.